The molecule has 0 bridgehead atoms. The predicted molar refractivity (Wildman–Crippen MR) is 289 cm³/mol. The Balaban J connectivity index is 0.963. The molecule has 7 heteroatoms. The average Bonchev–Trinajstić information content (AvgIpc) is 3.95. The molecule has 0 N–H and O–H groups in total. The van der Waals surface area contributed by atoms with E-state index in [9.17, 15) is 9.59 Å². The molecular weight excluding hydrogens is 875 g/mol. The Labute approximate surface area is 410 Å². The number of hydrogen-bond acceptors (Lipinski definition) is 5. The molecule has 0 radical (unpaired) electrons. The molecule has 0 saturated heterocycles. The molecule has 0 aliphatic carbocycles. The molecule has 2 aromatic heterocycles. The number of nitrogens with zero attached hydrogens (tertiary/aromatic N) is 3. The van der Waals surface area contributed by atoms with Crippen LogP contribution in [-0.4, -0.2) is 35.3 Å². The topological polar surface area (TPSA) is 65.7 Å². The lowest BCUT2D eigenvalue weighted by Gasteiger charge is -2.26. The molecule has 12 rings (SSSR count). The second-order valence-corrected chi connectivity index (χ2v) is 17.6. The van der Waals surface area contributed by atoms with Gasteiger partial charge in [0.1, 0.15) is 0 Å². The van der Waals surface area contributed by atoms with Crippen molar-refractivity contribution in [3.63, 3.8) is 0 Å². The molecule has 0 aliphatic heterocycles. The highest BCUT2D eigenvalue weighted by Crippen LogP contribution is 2.43. The maximum Gasteiger partial charge on any atom is 0.337 e. The highest BCUT2D eigenvalue weighted by atomic mass is 16.5. The van der Waals surface area contributed by atoms with Gasteiger partial charge in [0.15, 0.2) is 0 Å². The second kappa shape index (κ2) is 17.9. The van der Waals surface area contributed by atoms with Crippen molar-refractivity contribution in [2.24, 2.45) is 0 Å². The van der Waals surface area contributed by atoms with Gasteiger partial charge in [-0.1, -0.05) is 127 Å². The van der Waals surface area contributed by atoms with Crippen LogP contribution in [0.15, 0.2) is 237 Å². The van der Waals surface area contributed by atoms with Crippen molar-refractivity contribution in [3.05, 3.63) is 248 Å². The summed E-state index contributed by atoms with van der Waals surface area (Å²) >= 11 is 0. The number of para-hydroxylation sites is 2. The molecule has 71 heavy (non-hydrogen) atoms. The number of rotatable bonds is 10. The number of fused-ring (bicyclic) bond motifs is 6. The Morgan fingerprint density at radius 2 is 0.648 bits per heavy atom. The molecule has 0 amide bonds. The van der Waals surface area contributed by atoms with E-state index in [1.807, 2.05) is 54.6 Å². The van der Waals surface area contributed by atoms with Crippen molar-refractivity contribution in [2.45, 2.75) is 0 Å². The number of carbonyl (C=O) groups excluding carboxylic acids is 2. The van der Waals surface area contributed by atoms with Crippen molar-refractivity contribution in [1.29, 1.82) is 0 Å². The predicted octanol–water partition coefficient (Wildman–Crippen LogP) is 15.9. The van der Waals surface area contributed by atoms with Crippen LogP contribution in [-0.2, 0) is 9.47 Å². The van der Waals surface area contributed by atoms with E-state index in [1.54, 1.807) is 0 Å². The average molecular weight is 920 g/mol. The maximum atomic E-state index is 12.4. The summed E-state index contributed by atoms with van der Waals surface area (Å²) in [7, 11) is 2.80. The number of esters is 2. The van der Waals surface area contributed by atoms with E-state index in [-0.39, 0.29) is 11.9 Å². The molecule has 0 aliphatic rings. The number of hydrogen-bond donors (Lipinski definition) is 0. The lowest BCUT2D eigenvalue weighted by atomic mass is 9.98. The third-order valence-corrected chi connectivity index (χ3v) is 13.6. The van der Waals surface area contributed by atoms with E-state index in [0.717, 1.165) is 83.2 Å². The summed E-state index contributed by atoms with van der Waals surface area (Å²) in [4.78, 5) is 27.1. The first-order valence-corrected chi connectivity index (χ1v) is 23.5. The van der Waals surface area contributed by atoms with E-state index >= 15 is 0 Å². The van der Waals surface area contributed by atoms with E-state index in [4.69, 9.17) is 9.47 Å². The third kappa shape index (κ3) is 7.66. The quantitative estimate of drug-likeness (QED) is 0.128. The Hall–Kier alpha value is -9.46. The van der Waals surface area contributed by atoms with Gasteiger partial charge in [-0.05, 0) is 143 Å². The number of methoxy groups -OCH3 is 2. The van der Waals surface area contributed by atoms with E-state index in [0.29, 0.717) is 11.1 Å². The van der Waals surface area contributed by atoms with Gasteiger partial charge in [0.2, 0.25) is 0 Å². The standard InChI is InChI=1S/C64H45N3O4/c1-70-63(68)48-26-32-51(33-27-48)66-59-14-8-6-12-55(59)57-40-53(36-38-61(57)66)65(54-37-39-62-58(41-54)56-13-7-9-15-60(56)67(62)52-34-28-49(29-35-52)64(69)71-2)50-30-24-47(25-31-50)46-22-20-45(21-23-46)44-18-16-43(17-19-44)42-10-4-3-5-11-42/h3-41H,1-2H3. The molecule has 0 unspecified atom stereocenters. The first-order chi connectivity index (χ1) is 34.9. The van der Waals surface area contributed by atoms with Crippen molar-refractivity contribution in [2.75, 3.05) is 19.1 Å². The molecule has 2 heterocycles. The van der Waals surface area contributed by atoms with Gasteiger partial charge >= 0.3 is 11.9 Å². The van der Waals surface area contributed by atoms with E-state index in [2.05, 4.69) is 196 Å². The van der Waals surface area contributed by atoms with Gasteiger partial charge in [-0.3, -0.25) is 0 Å². The Morgan fingerprint density at radius 3 is 1.04 bits per heavy atom. The fraction of sp³-hybridized carbons (Fsp3) is 0.0312. The molecule has 340 valence electrons. The Kier molecular flexibility index (Phi) is 10.8. The van der Waals surface area contributed by atoms with Crippen molar-refractivity contribution in [3.8, 4) is 44.8 Å². The Bertz CT molecular complexity index is 3770. The fourth-order valence-electron chi connectivity index (χ4n) is 10.1. The van der Waals surface area contributed by atoms with Crippen LogP contribution in [0.3, 0.4) is 0 Å². The minimum Gasteiger partial charge on any atom is -0.465 e. The van der Waals surface area contributed by atoms with Crippen molar-refractivity contribution < 1.29 is 19.1 Å². The molecule has 10 aromatic carbocycles. The number of ether oxygens (including phenoxy) is 2. The van der Waals surface area contributed by atoms with Gasteiger partial charge in [0, 0.05) is 50.0 Å². The monoisotopic (exact) mass is 919 g/mol. The van der Waals surface area contributed by atoms with E-state index in [1.165, 1.54) is 36.5 Å². The zero-order chi connectivity index (χ0) is 48.0. The third-order valence-electron chi connectivity index (χ3n) is 13.6. The van der Waals surface area contributed by atoms with Crippen LogP contribution in [0, 0.1) is 0 Å². The van der Waals surface area contributed by atoms with Gasteiger partial charge in [0.05, 0.1) is 47.4 Å². The fourth-order valence-corrected chi connectivity index (χ4v) is 10.1. The largest absolute Gasteiger partial charge is 0.465 e. The van der Waals surface area contributed by atoms with Crippen LogP contribution in [0.5, 0.6) is 0 Å². The summed E-state index contributed by atoms with van der Waals surface area (Å²) in [5.41, 5.74) is 17.1. The van der Waals surface area contributed by atoms with E-state index < -0.39 is 0 Å². The van der Waals surface area contributed by atoms with Crippen LogP contribution in [0.4, 0.5) is 17.1 Å². The molecule has 0 spiro atoms. The lowest BCUT2D eigenvalue weighted by Crippen LogP contribution is -2.10. The molecule has 12 aromatic rings. The van der Waals surface area contributed by atoms with Crippen LogP contribution >= 0.6 is 0 Å². The van der Waals surface area contributed by atoms with Crippen LogP contribution in [0.25, 0.3) is 88.4 Å². The number of benzene rings is 10. The minimum atomic E-state index is -0.368. The van der Waals surface area contributed by atoms with Crippen LogP contribution in [0.1, 0.15) is 20.7 Å². The maximum absolute atomic E-state index is 12.4. The highest BCUT2D eigenvalue weighted by Gasteiger charge is 2.21. The lowest BCUT2D eigenvalue weighted by molar-refractivity contribution is 0.0592. The Morgan fingerprint density at radius 1 is 0.324 bits per heavy atom. The number of carbonyl (C=O) groups is 2. The van der Waals surface area contributed by atoms with Gasteiger partial charge in [-0.15, -0.1) is 0 Å². The summed E-state index contributed by atoms with van der Waals surface area (Å²) in [5.74, 6) is -0.736. The summed E-state index contributed by atoms with van der Waals surface area (Å²) in [6.45, 7) is 0. The number of anilines is 3. The number of aromatic nitrogens is 2. The molecule has 0 atom stereocenters. The van der Waals surface area contributed by atoms with Gasteiger partial charge < -0.3 is 23.5 Å². The summed E-state index contributed by atoms with van der Waals surface area (Å²) in [6.07, 6.45) is 0. The normalized spacial score (nSPS) is 11.4. The van der Waals surface area contributed by atoms with Crippen molar-refractivity contribution in [1.82, 2.24) is 9.13 Å². The first-order valence-electron chi connectivity index (χ1n) is 23.5. The smallest absolute Gasteiger partial charge is 0.337 e. The van der Waals surface area contributed by atoms with Gasteiger partial charge in [0.25, 0.3) is 0 Å². The zero-order valence-corrected chi connectivity index (χ0v) is 39.0. The molecule has 7 nitrogen and oxygen atoms in total. The zero-order valence-electron chi connectivity index (χ0n) is 39.0. The van der Waals surface area contributed by atoms with Gasteiger partial charge in [-0.25, -0.2) is 9.59 Å². The second-order valence-electron chi connectivity index (χ2n) is 17.6. The minimum absolute atomic E-state index is 0.368. The van der Waals surface area contributed by atoms with Crippen LogP contribution in [0.2, 0.25) is 0 Å². The first kappa shape index (κ1) is 42.9. The summed E-state index contributed by atoms with van der Waals surface area (Å²) in [6, 6.07) is 82.2. The van der Waals surface area contributed by atoms with Crippen molar-refractivity contribution >= 4 is 72.6 Å². The molecule has 0 fully saturated rings. The molecular formula is C64H45N3O4. The highest BCUT2D eigenvalue weighted by molar-refractivity contribution is 6.12. The molecule has 0 saturated carbocycles. The van der Waals surface area contributed by atoms with Crippen LogP contribution < -0.4 is 4.90 Å². The summed E-state index contributed by atoms with van der Waals surface area (Å²) < 4.78 is 14.5. The van der Waals surface area contributed by atoms with Gasteiger partial charge in [-0.2, -0.15) is 0 Å². The summed E-state index contributed by atoms with van der Waals surface area (Å²) in [5, 5.41) is 4.42. The SMILES string of the molecule is COC(=O)c1ccc(-n2c3ccccc3c3cc(N(c4ccc(-c5ccc(-c6ccc(-c7ccccc7)cc6)cc5)cc4)c4ccc5c(c4)c4ccccc4n5-c4ccc(C(=O)OC)cc4)ccc32)cc1.